The first-order valence-corrected chi connectivity index (χ1v) is 10.9. The molecular formula is C24H31N3O3. The smallest absolute Gasteiger partial charge is 0.315 e. The van der Waals surface area contributed by atoms with Gasteiger partial charge in [0.05, 0.1) is 0 Å². The van der Waals surface area contributed by atoms with Crippen LogP contribution in [0.25, 0.3) is 0 Å². The fourth-order valence-corrected chi connectivity index (χ4v) is 5.04. The van der Waals surface area contributed by atoms with Crippen LogP contribution in [0.5, 0.6) is 5.75 Å². The highest BCUT2D eigenvalue weighted by Crippen LogP contribution is 2.44. The summed E-state index contributed by atoms with van der Waals surface area (Å²) in [4.78, 5) is 31.1. The molecule has 0 radical (unpaired) electrons. The van der Waals surface area contributed by atoms with E-state index in [0.717, 1.165) is 25.7 Å². The first kappa shape index (κ1) is 20.6. The molecule has 4 rings (SSSR count). The van der Waals surface area contributed by atoms with E-state index in [4.69, 9.17) is 0 Å². The quantitative estimate of drug-likeness (QED) is 0.837. The van der Waals surface area contributed by atoms with Gasteiger partial charge in [-0.25, -0.2) is 0 Å². The van der Waals surface area contributed by atoms with Crippen molar-refractivity contribution in [2.75, 3.05) is 7.05 Å². The number of rotatable bonds is 4. The number of benzene rings is 1. The van der Waals surface area contributed by atoms with Crippen molar-refractivity contribution in [3.8, 4) is 5.75 Å². The summed E-state index contributed by atoms with van der Waals surface area (Å²) in [5.74, 6) is 0.191. The van der Waals surface area contributed by atoms with Crippen molar-refractivity contribution in [2.45, 2.75) is 76.8 Å². The van der Waals surface area contributed by atoms with Crippen molar-refractivity contribution in [1.29, 1.82) is 0 Å². The first-order valence-electron chi connectivity index (χ1n) is 10.9. The standard InChI is InChI=1S/C24H31N3O3/c1-15(2)17-8-7-9-18(12-17)24(10-5-6-11-24)13-19-25-22(29)21(28)20-23(30)26(4)16(3)14-27(19)20/h7-9,12,15-16,28H,5-6,10-11,13-14H2,1-4H3/t16-/m0/s1. The molecule has 2 aliphatic rings. The molecule has 1 amide bonds. The molecule has 2 aromatic rings. The fraction of sp³-hybridized carbons (Fsp3) is 0.542. The summed E-state index contributed by atoms with van der Waals surface area (Å²) in [5, 5.41) is 10.3. The lowest BCUT2D eigenvalue weighted by atomic mass is 9.75. The molecule has 6 heteroatoms. The van der Waals surface area contributed by atoms with Crippen LogP contribution in [0, 0.1) is 0 Å². The van der Waals surface area contributed by atoms with Crippen LogP contribution in [0.15, 0.2) is 29.1 Å². The number of aromatic hydroxyl groups is 1. The number of nitrogens with zero attached hydrogens (tertiary/aromatic N) is 3. The molecule has 1 aliphatic carbocycles. The SMILES string of the molecule is CC(C)c1cccc(C2(Cc3nc(=O)c(O)c4n3C[C@H](C)N(C)C4=O)CCCC2)c1. The van der Waals surface area contributed by atoms with Crippen molar-refractivity contribution in [1.82, 2.24) is 14.5 Å². The molecule has 0 unspecified atom stereocenters. The van der Waals surface area contributed by atoms with E-state index in [-0.39, 0.29) is 23.1 Å². The lowest BCUT2D eigenvalue weighted by Crippen LogP contribution is -2.47. The molecular weight excluding hydrogens is 378 g/mol. The molecule has 1 aliphatic heterocycles. The second-order valence-corrected chi connectivity index (χ2v) is 9.35. The summed E-state index contributed by atoms with van der Waals surface area (Å²) < 4.78 is 1.79. The minimum atomic E-state index is -0.711. The van der Waals surface area contributed by atoms with E-state index in [2.05, 4.69) is 43.1 Å². The monoisotopic (exact) mass is 409 g/mol. The molecule has 1 atom stereocenters. The topological polar surface area (TPSA) is 75.4 Å². The van der Waals surface area contributed by atoms with Gasteiger partial charge in [0.15, 0.2) is 5.69 Å². The number of carbonyl (C=O) groups excluding carboxylic acids is 1. The lowest BCUT2D eigenvalue weighted by molar-refractivity contribution is 0.0660. The molecule has 0 bridgehead atoms. The molecule has 1 fully saturated rings. The van der Waals surface area contributed by atoms with Crippen LogP contribution in [0.1, 0.15) is 79.8 Å². The highest BCUT2D eigenvalue weighted by atomic mass is 16.3. The van der Waals surface area contributed by atoms with E-state index < -0.39 is 11.3 Å². The van der Waals surface area contributed by atoms with E-state index in [1.54, 1.807) is 16.5 Å². The zero-order valence-corrected chi connectivity index (χ0v) is 18.3. The van der Waals surface area contributed by atoms with Crippen LogP contribution in [-0.4, -0.2) is 38.6 Å². The minimum Gasteiger partial charge on any atom is -0.501 e. The summed E-state index contributed by atoms with van der Waals surface area (Å²) >= 11 is 0. The molecule has 160 valence electrons. The maximum absolute atomic E-state index is 12.8. The zero-order chi connectivity index (χ0) is 21.6. The Labute approximate surface area is 177 Å². The van der Waals surface area contributed by atoms with E-state index in [0.29, 0.717) is 24.7 Å². The molecule has 0 spiro atoms. The third-order valence-corrected chi connectivity index (χ3v) is 7.09. The summed E-state index contributed by atoms with van der Waals surface area (Å²) in [7, 11) is 1.70. The average Bonchev–Trinajstić information content (AvgIpc) is 3.19. The number of hydrogen-bond donors (Lipinski definition) is 1. The second-order valence-electron chi connectivity index (χ2n) is 9.35. The van der Waals surface area contributed by atoms with E-state index in [9.17, 15) is 14.7 Å². The number of carbonyl (C=O) groups is 1. The largest absolute Gasteiger partial charge is 0.501 e. The van der Waals surface area contributed by atoms with Crippen molar-refractivity contribution in [3.05, 3.63) is 57.3 Å². The summed E-state index contributed by atoms with van der Waals surface area (Å²) in [5.41, 5.74) is 1.86. The lowest BCUT2D eigenvalue weighted by Gasteiger charge is -2.36. The normalized spacial score (nSPS) is 20.6. The molecule has 6 nitrogen and oxygen atoms in total. The van der Waals surface area contributed by atoms with Crippen LogP contribution >= 0.6 is 0 Å². The van der Waals surface area contributed by atoms with Gasteiger partial charge in [-0.05, 0) is 36.8 Å². The van der Waals surface area contributed by atoms with E-state index >= 15 is 0 Å². The van der Waals surface area contributed by atoms with Gasteiger partial charge in [-0.1, -0.05) is 51.0 Å². The molecule has 2 heterocycles. The number of likely N-dealkylation sites (N-methyl/N-ethyl adjacent to an activating group) is 1. The number of aromatic nitrogens is 2. The predicted molar refractivity (Wildman–Crippen MR) is 116 cm³/mol. The van der Waals surface area contributed by atoms with Crippen molar-refractivity contribution < 1.29 is 9.90 Å². The Bertz CT molecular complexity index is 1030. The first-order chi connectivity index (χ1) is 14.2. The maximum Gasteiger partial charge on any atom is 0.315 e. The Morgan fingerprint density at radius 1 is 1.23 bits per heavy atom. The highest BCUT2D eigenvalue weighted by molar-refractivity contribution is 5.95. The van der Waals surface area contributed by atoms with Crippen LogP contribution in [-0.2, 0) is 18.4 Å². The second kappa shape index (κ2) is 7.56. The number of amides is 1. The van der Waals surface area contributed by atoms with Gasteiger partial charge in [0.25, 0.3) is 5.91 Å². The molecule has 1 N–H and O–H groups in total. The highest BCUT2D eigenvalue weighted by Gasteiger charge is 2.39. The van der Waals surface area contributed by atoms with Gasteiger partial charge in [0, 0.05) is 31.5 Å². The zero-order valence-electron chi connectivity index (χ0n) is 18.3. The number of fused-ring (bicyclic) bond motifs is 1. The van der Waals surface area contributed by atoms with Gasteiger partial charge in [0.1, 0.15) is 5.82 Å². The van der Waals surface area contributed by atoms with Gasteiger partial charge >= 0.3 is 5.56 Å². The summed E-state index contributed by atoms with van der Waals surface area (Å²) in [6.45, 7) is 6.88. The van der Waals surface area contributed by atoms with Crippen molar-refractivity contribution in [3.63, 3.8) is 0 Å². The maximum atomic E-state index is 12.8. The van der Waals surface area contributed by atoms with Crippen LogP contribution in [0.2, 0.25) is 0 Å². The third kappa shape index (κ3) is 3.32. The Morgan fingerprint density at radius 3 is 2.60 bits per heavy atom. The van der Waals surface area contributed by atoms with Crippen molar-refractivity contribution >= 4 is 5.91 Å². The third-order valence-electron chi connectivity index (χ3n) is 7.09. The molecule has 0 saturated heterocycles. The van der Waals surface area contributed by atoms with Gasteiger partial charge in [-0.2, -0.15) is 4.98 Å². The van der Waals surface area contributed by atoms with Crippen LogP contribution < -0.4 is 5.56 Å². The molecule has 1 aromatic carbocycles. The predicted octanol–water partition coefficient (Wildman–Crippen LogP) is 3.60. The Morgan fingerprint density at radius 2 is 1.93 bits per heavy atom. The Hall–Kier alpha value is -2.63. The Kier molecular flexibility index (Phi) is 5.20. The fourth-order valence-electron chi connectivity index (χ4n) is 5.04. The van der Waals surface area contributed by atoms with Gasteiger partial charge in [-0.15, -0.1) is 0 Å². The summed E-state index contributed by atoms with van der Waals surface area (Å²) in [6, 6.07) is 8.74. The van der Waals surface area contributed by atoms with Crippen LogP contribution in [0.3, 0.4) is 0 Å². The molecule has 1 saturated carbocycles. The minimum absolute atomic E-state index is 0.0313. The van der Waals surface area contributed by atoms with Gasteiger partial charge in [0.2, 0.25) is 5.75 Å². The van der Waals surface area contributed by atoms with Crippen molar-refractivity contribution in [2.24, 2.45) is 0 Å². The van der Waals surface area contributed by atoms with E-state index in [1.165, 1.54) is 11.1 Å². The van der Waals surface area contributed by atoms with Gasteiger partial charge in [-0.3, -0.25) is 9.59 Å². The van der Waals surface area contributed by atoms with Crippen LogP contribution in [0.4, 0.5) is 0 Å². The molecule has 30 heavy (non-hydrogen) atoms. The number of hydrogen-bond acceptors (Lipinski definition) is 4. The van der Waals surface area contributed by atoms with E-state index in [1.807, 2.05) is 6.92 Å². The average molecular weight is 410 g/mol. The summed E-state index contributed by atoms with van der Waals surface area (Å²) in [6.07, 6.45) is 4.94. The van der Waals surface area contributed by atoms with Gasteiger partial charge < -0.3 is 14.6 Å². The Balaban J connectivity index is 1.83. The molecule has 1 aromatic heterocycles.